The molecule has 0 radical (unpaired) electrons. The number of rotatable bonds is 4. The van der Waals surface area contributed by atoms with E-state index in [2.05, 4.69) is 5.92 Å². The predicted octanol–water partition coefficient (Wildman–Crippen LogP) is 3.97. The highest BCUT2D eigenvalue weighted by atomic mass is 35.5. The molecule has 2 atom stereocenters. The van der Waals surface area contributed by atoms with Crippen LogP contribution in [0.4, 0.5) is 14.9 Å². The molecule has 0 N–H and O–H groups in total. The van der Waals surface area contributed by atoms with Crippen LogP contribution in [0.15, 0.2) is 24.3 Å². The number of anilines is 1. The van der Waals surface area contributed by atoms with Gasteiger partial charge in [0.2, 0.25) is 5.06 Å². The summed E-state index contributed by atoms with van der Waals surface area (Å²) in [6, 6.07) is 5.89. The third-order valence-corrected chi connectivity index (χ3v) is 4.75. The zero-order valence-electron chi connectivity index (χ0n) is 11.5. The molecule has 1 aliphatic rings. The lowest BCUT2D eigenvalue weighted by Gasteiger charge is -2.34. The van der Waals surface area contributed by atoms with Crippen molar-refractivity contribution in [2.24, 2.45) is 0 Å². The second kappa shape index (κ2) is 6.24. The first-order valence-electron chi connectivity index (χ1n) is 6.32. The molecule has 1 saturated heterocycles. The summed E-state index contributed by atoms with van der Waals surface area (Å²) in [5, 5.41) is -0.540. The first kappa shape index (κ1) is 16.1. The molecular formula is C14H14ClFN2O2S. The van der Waals surface area contributed by atoms with Gasteiger partial charge in [-0.2, -0.15) is 0 Å². The van der Waals surface area contributed by atoms with Crippen molar-refractivity contribution in [2.75, 3.05) is 5.01 Å². The van der Waals surface area contributed by atoms with E-state index in [9.17, 15) is 9.18 Å². The monoisotopic (exact) mass is 328 g/mol. The molecule has 7 heteroatoms. The zero-order valence-corrected chi connectivity index (χ0v) is 13.1. The standard InChI is InChI=1S/C14H14ClFN2O2S/c1-4-10(3)20-14(5-2)18(15)17(13(19)21-14)12-9-7-6-8-11(12)16/h1,6-10H,5H2,2-3H3. The van der Waals surface area contributed by atoms with Gasteiger partial charge in [0.1, 0.15) is 11.9 Å². The van der Waals surface area contributed by atoms with E-state index in [0.717, 1.165) is 21.3 Å². The molecule has 112 valence electrons. The van der Waals surface area contributed by atoms with Crippen LogP contribution in [0.25, 0.3) is 0 Å². The van der Waals surface area contributed by atoms with Gasteiger partial charge in [0.05, 0.1) is 5.69 Å². The second-order valence-electron chi connectivity index (χ2n) is 4.38. The average Bonchev–Trinajstić information content (AvgIpc) is 2.71. The van der Waals surface area contributed by atoms with Gasteiger partial charge >= 0.3 is 5.24 Å². The topological polar surface area (TPSA) is 32.8 Å². The summed E-state index contributed by atoms with van der Waals surface area (Å²) in [6.45, 7) is 3.49. The quantitative estimate of drug-likeness (QED) is 0.618. The van der Waals surface area contributed by atoms with Gasteiger partial charge in [-0.1, -0.05) is 29.5 Å². The minimum Gasteiger partial charge on any atom is -0.332 e. The number of benzene rings is 1. The lowest BCUT2D eigenvalue weighted by atomic mass is 10.3. The van der Waals surface area contributed by atoms with Crippen molar-refractivity contribution in [1.29, 1.82) is 0 Å². The van der Waals surface area contributed by atoms with Crippen molar-refractivity contribution in [3.63, 3.8) is 0 Å². The molecule has 2 unspecified atom stereocenters. The Morgan fingerprint density at radius 1 is 1.57 bits per heavy atom. The van der Waals surface area contributed by atoms with Crippen LogP contribution < -0.4 is 5.01 Å². The number of carbonyl (C=O) groups excluding carboxylic acids is 1. The molecule has 21 heavy (non-hydrogen) atoms. The highest BCUT2D eigenvalue weighted by molar-refractivity contribution is 8.15. The van der Waals surface area contributed by atoms with E-state index in [1.807, 2.05) is 6.92 Å². The summed E-state index contributed by atoms with van der Waals surface area (Å²) in [7, 11) is 0. The van der Waals surface area contributed by atoms with Crippen LogP contribution in [-0.2, 0) is 4.74 Å². The third-order valence-electron chi connectivity index (χ3n) is 3.00. The molecule has 1 heterocycles. The van der Waals surface area contributed by atoms with Crippen molar-refractivity contribution >= 4 is 34.5 Å². The summed E-state index contributed by atoms with van der Waals surface area (Å²) in [5.41, 5.74) is 0.0669. The van der Waals surface area contributed by atoms with E-state index >= 15 is 0 Å². The summed E-state index contributed by atoms with van der Waals surface area (Å²) in [5.74, 6) is 1.88. The van der Waals surface area contributed by atoms with E-state index < -0.39 is 22.2 Å². The molecule has 1 fully saturated rings. The summed E-state index contributed by atoms with van der Waals surface area (Å²) < 4.78 is 20.7. The molecule has 4 nitrogen and oxygen atoms in total. The first-order chi connectivity index (χ1) is 9.95. The minimum atomic E-state index is -1.16. The van der Waals surface area contributed by atoms with Crippen LogP contribution in [0, 0.1) is 18.2 Å². The number of hydrogen-bond acceptors (Lipinski definition) is 4. The van der Waals surface area contributed by atoms with Crippen LogP contribution in [0.2, 0.25) is 0 Å². The van der Waals surface area contributed by atoms with Gasteiger partial charge in [-0.25, -0.2) is 9.40 Å². The van der Waals surface area contributed by atoms with Gasteiger partial charge in [-0.3, -0.25) is 4.79 Å². The maximum absolute atomic E-state index is 13.9. The molecule has 0 aliphatic carbocycles. The fraction of sp³-hybridized carbons (Fsp3) is 0.357. The van der Waals surface area contributed by atoms with Crippen LogP contribution in [-0.4, -0.2) is 20.9 Å². The number of carbonyl (C=O) groups is 1. The molecule has 0 spiro atoms. The number of terminal acetylenes is 1. The fourth-order valence-electron chi connectivity index (χ4n) is 1.92. The number of hydrazine groups is 1. The number of ether oxygens (including phenoxy) is 1. The van der Waals surface area contributed by atoms with Gasteiger partial charge in [0.25, 0.3) is 0 Å². The fourth-order valence-corrected chi connectivity index (χ4v) is 3.41. The Morgan fingerprint density at radius 3 is 2.81 bits per heavy atom. The Bertz CT molecular complexity index is 595. The number of para-hydroxylation sites is 1. The first-order valence-corrected chi connectivity index (χ1v) is 7.48. The number of halogens is 2. The lowest BCUT2D eigenvalue weighted by molar-refractivity contribution is -0.0642. The Balaban J connectivity index is 2.37. The molecule has 0 aromatic heterocycles. The van der Waals surface area contributed by atoms with Crippen molar-refractivity contribution in [3.05, 3.63) is 30.1 Å². The van der Waals surface area contributed by atoms with E-state index in [-0.39, 0.29) is 5.69 Å². The van der Waals surface area contributed by atoms with Crippen molar-refractivity contribution in [3.8, 4) is 12.3 Å². The van der Waals surface area contributed by atoms with Gasteiger partial charge in [0.15, 0.2) is 0 Å². The Morgan fingerprint density at radius 2 is 2.24 bits per heavy atom. The van der Waals surface area contributed by atoms with Gasteiger partial charge < -0.3 is 4.74 Å². The largest absolute Gasteiger partial charge is 0.332 e. The van der Waals surface area contributed by atoms with Crippen LogP contribution in [0.3, 0.4) is 0 Å². The average molecular weight is 329 g/mol. The van der Waals surface area contributed by atoms with E-state index in [1.165, 1.54) is 18.2 Å². The van der Waals surface area contributed by atoms with Crippen molar-refractivity contribution in [1.82, 2.24) is 4.53 Å². The number of hydrogen-bond donors (Lipinski definition) is 0. The highest BCUT2D eigenvalue weighted by Crippen LogP contribution is 2.47. The second-order valence-corrected chi connectivity index (χ2v) is 5.90. The maximum Gasteiger partial charge on any atom is 0.306 e. The SMILES string of the molecule is C#CC(C)OC1(CC)SC(=O)N(c2ccccc2F)N1Cl. The summed E-state index contributed by atoms with van der Waals surface area (Å²) >= 11 is 7.13. The van der Waals surface area contributed by atoms with E-state index in [1.54, 1.807) is 13.0 Å². The Labute approximate surface area is 132 Å². The van der Waals surface area contributed by atoms with Gasteiger partial charge in [-0.05, 0) is 30.8 Å². The molecule has 1 aromatic carbocycles. The molecule has 0 saturated carbocycles. The van der Waals surface area contributed by atoms with E-state index in [4.69, 9.17) is 22.9 Å². The lowest BCUT2D eigenvalue weighted by Crippen LogP contribution is -2.46. The van der Waals surface area contributed by atoms with E-state index in [0.29, 0.717) is 6.42 Å². The number of nitrogens with zero attached hydrogens (tertiary/aromatic N) is 2. The molecule has 1 aliphatic heterocycles. The molecule has 1 amide bonds. The molecular weight excluding hydrogens is 315 g/mol. The zero-order chi connectivity index (χ0) is 15.6. The van der Waals surface area contributed by atoms with Gasteiger partial charge in [-0.15, -0.1) is 6.42 Å². The molecule has 2 rings (SSSR count). The van der Waals surface area contributed by atoms with Crippen LogP contribution >= 0.6 is 23.5 Å². The Hall–Kier alpha value is -1.26. The van der Waals surface area contributed by atoms with Crippen molar-refractivity contribution in [2.45, 2.75) is 31.4 Å². The minimum absolute atomic E-state index is 0.0669. The normalized spacial score (nSPS) is 24.1. The van der Waals surface area contributed by atoms with Crippen molar-refractivity contribution < 1.29 is 13.9 Å². The third kappa shape index (κ3) is 2.87. The summed E-state index contributed by atoms with van der Waals surface area (Å²) in [4.78, 5) is 12.2. The maximum atomic E-state index is 13.9. The highest BCUT2D eigenvalue weighted by Gasteiger charge is 2.53. The number of amides is 1. The predicted molar refractivity (Wildman–Crippen MR) is 82.0 cm³/mol. The Kier molecular flexibility index (Phi) is 4.79. The molecule has 1 aromatic rings. The number of thioether (sulfide) groups is 1. The van der Waals surface area contributed by atoms with Gasteiger partial charge in [0, 0.05) is 18.2 Å². The van der Waals surface area contributed by atoms with Crippen LogP contribution in [0.1, 0.15) is 20.3 Å². The van der Waals surface area contributed by atoms with Crippen LogP contribution in [0.5, 0.6) is 0 Å². The summed E-state index contributed by atoms with van der Waals surface area (Å²) in [6.07, 6.45) is 5.17. The smallest absolute Gasteiger partial charge is 0.306 e. The molecule has 0 bridgehead atoms.